The molecule has 0 bridgehead atoms. The third kappa shape index (κ3) is 2.45. The van der Waals surface area contributed by atoms with Gasteiger partial charge >= 0.3 is 0 Å². The van der Waals surface area contributed by atoms with Gasteiger partial charge in [-0.05, 0) is 38.0 Å². The molecule has 0 spiro atoms. The molecule has 3 rings (SSSR count). The van der Waals surface area contributed by atoms with Crippen LogP contribution in [0.25, 0.3) is 16.9 Å². The third-order valence-electron chi connectivity index (χ3n) is 3.85. The molecule has 0 saturated carbocycles. The summed E-state index contributed by atoms with van der Waals surface area (Å²) in [6, 6.07) is 12.4. The number of fused-ring (bicyclic) bond motifs is 1. The van der Waals surface area contributed by atoms with Crippen molar-refractivity contribution in [1.29, 1.82) is 0 Å². The van der Waals surface area contributed by atoms with Crippen molar-refractivity contribution in [2.45, 2.75) is 33.3 Å². The van der Waals surface area contributed by atoms with Gasteiger partial charge in [-0.15, -0.1) is 0 Å². The molecule has 0 aliphatic heterocycles. The first-order valence-corrected chi connectivity index (χ1v) is 7.34. The van der Waals surface area contributed by atoms with Crippen LogP contribution in [0.1, 0.15) is 36.3 Å². The quantitative estimate of drug-likeness (QED) is 0.785. The van der Waals surface area contributed by atoms with E-state index >= 15 is 0 Å². The highest BCUT2D eigenvalue weighted by Crippen LogP contribution is 2.30. The van der Waals surface area contributed by atoms with Crippen LogP contribution in [-0.4, -0.2) is 14.5 Å². The second kappa shape index (κ2) is 5.34. The molecule has 2 heterocycles. The monoisotopic (exact) mass is 280 g/mol. The van der Waals surface area contributed by atoms with Crippen LogP contribution < -0.4 is 0 Å². The molecule has 1 N–H and O–H groups in total. The molecule has 0 radical (unpaired) electrons. The van der Waals surface area contributed by atoms with Gasteiger partial charge in [0.15, 0.2) is 0 Å². The summed E-state index contributed by atoms with van der Waals surface area (Å²) in [4.78, 5) is 4.75. The van der Waals surface area contributed by atoms with E-state index in [0.717, 1.165) is 22.6 Å². The third-order valence-corrected chi connectivity index (χ3v) is 3.85. The number of aliphatic hydroxyl groups is 1. The number of pyridine rings is 1. The lowest BCUT2D eigenvalue weighted by Gasteiger charge is -2.11. The first-order valence-electron chi connectivity index (χ1n) is 7.34. The van der Waals surface area contributed by atoms with Gasteiger partial charge < -0.3 is 9.51 Å². The maximum Gasteiger partial charge on any atom is 0.138 e. The SMILES string of the molecule is CCC(O)c1c(-c2ccc(C)cc2)nc2cc(C)ccn12. The largest absolute Gasteiger partial charge is 0.387 e. The number of aryl methyl sites for hydroxylation is 2. The Morgan fingerprint density at radius 1 is 1.10 bits per heavy atom. The van der Waals surface area contributed by atoms with E-state index in [9.17, 15) is 5.11 Å². The predicted octanol–water partition coefficient (Wildman–Crippen LogP) is 4.06. The van der Waals surface area contributed by atoms with Gasteiger partial charge in [-0.1, -0.05) is 36.8 Å². The molecule has 3 heteroatoms. The van der Waals surface area contributed by atoms with Gasteiger partial charge in [0.2, 0.25) is 0 Å². The number of aromatic nitrogens is 2. The molecule has 1 unspecified atom stereocenters. The standard InChI is InChI=1S/C18H20N2O/c1-4-15(21)18-17(14-7-5-12(2)6-8-14)19-16-11-13(3)9-10-20(16)18/h5-11,15,21H,4H2,1-3H3. The van der Waals surface area contributed by atoms with Crippen molar-refractivity contribution in [3.63, 3.8) is 0 Å². The number of hydrogen-bond acceptors (Lipinski definition) is 2. The molecule has 108 valence electrons. The van der Waals surface area contributed by atoms with Crippen LogP contribution in [0.4, 0.5) is 0 Å². The van der Waals surface area contributed by atoms with Gasteiger partial charge in [-0.3, -0.25) is 0 Å². The molecule has 0 amide bonds. The summed E-state index contributed by atoms with van der Waals surface area (Å²) in [5.74, 6) is 0. The number of nitrogens with zero attached hydrogens (tertiary/aromatic N) is 2. The molecule has 21 heavy (non-hydrogen) atoms. The Labute approximate surface area is 124 Å². The van der Waals surface area contributed by atoms with Gasteiger partial charge in [0.25, 0.3) is 0 Å². The molecule has 0 aliphatic carbocycles. The zero-order valence-electron chi connectivity index (χ0n) is 12.7. The Morgan fingerprint density at radius 2 is 1.81 bits per heavy atom. The Kier molecular flexibility index (Phi) is 3.52. The lowest BCUT2D eigenvalue weighted by molar-refractivity contribution is 0.168. The molecular weight excluding hydrogens is 260 g/mol. The maximum atomic E-state index is 10.4. The van der Waals surface area contributed by atoms with E-state index in [0.29, 0.717) is 6.42 Å². The minimum atomic E-state index is -0.515. The van der Waals surface area contributed by atoms with E-state index in [1.807, 2.05) is 29.7 Å². The summed E-state index contributed by atoms with van der Waals surface area (Å²) >= 11 is 0. The highest BCUT2D eigenvalue weighted by molar-refractivity contribution is 5.67. The van der Waals surface area contributed by atoms with Crippen LogP contribution in [-0.2, 0) is 0 Å². The number of hydrogen-bond donors (Lipinski definition) is 1. The van der Waals surface area contributed by atoms with Crippen molar-refractivity contribution in [3.05, 3.63) is 59.4 Å². The van der Waals surface area contributed by atoms with Gasteiger partial charge in [0.1, 0.15) is 5.65 Å². The van der Waals surface area contributed by atoms with E-state index in [1.54, 1.807) is 0 Å². The first kappa shape index (κ1) is 13.8. The zero-order valence-corrected chi connectivity index (χ0v) is 12.7. The van der Waals surface area contributed by atoms with Crippen LogP contribution in [0, 0.1) is 13.8 Å². The minimum Gasteiger partial charge on any atom is -0.387 e. The van der Waals surface area contributed by atoms with E-state index in [1.165, 1.54) is 11.1 Å². The molecule has 1 aromatic carbocycles. The van der Waals surface area contributed by atoms with Gasteiger partial charge in [0.05, 0.1) is 17.5 Å². The van der Waals surface area contributed by atoms with Crippen molar-refractivity contribution < 1.29 is 5.11 Å². The van der Waals surface area contributed by atoms with Crippen molar-refractivity contribution >= 4 is 5.65 Å². The van der Waals surface area contributed by atoms with E-state index in [4.69, 9.17) is 4.98 Å². The van der Waals surface area contributed by atoms with Crippen LogP contribution in [0.3, 0.4) is 0 Å². The fourth-order valence-electron chi connectivity index (χ4n) is 2.60. The van der Waals surface area contributed by atoms with E-state index in [2.05, 4.69) is 38.1 Å². The minimum absolute atomic E-state index is 0.515. The highest BCUT2D eigenvalue weighted by atomic mass is 16.3. The molecule has 3 aromatic rings. The summed E-state index contributed by atoms with van der Waals surface area (Å²) in [5, 5.41) is 10.4. The van der Waals surface area contributed by atoms with Gasteiger partial charge in [-0.2, -0.15) is 0 Å². The summed E-state index contributed by atoms with van der Waals surface area (Å²) in [6.45, 7) is 6.10. The number of aliphatic hydroxyl groups excluding tert-OH is 1. The van der Waals surface area contributed by atoms with E-state index in [-0.39, 0.29) is 0 Å². The lowest BCUT2D eigenvalue weighted by Crippen LogP contribution is -2.02. The van der Waals surface area contributed by atoms with E-state index < -0.39 is 6.10 Å². The second-order valence-electron chi connectivity index (χ2n) is 5.57. The van der Waals surface area contributed by atoms with Crippen molar-refractivity contribution in [1.82, 2.24) is 9.38 Å². The van der Waals surface area contributed by atoms with Crippen LogP contribution >= 0.6 is 0 Å². The van der Waals surface area contributed by atoms with Crippen LogP contribution in [0.15, 0.2) is 42.6 Å². The van der Waals surface area contributed by atoms with Crippen LogP contribution in [0.5, 0.6) is 0 Å². The molecule has 3 nitrogen and oxygen atoms in total. The summed E-state index contributed by atoms with van der Waals surface area (Å²) < 4.78 is 2.00. The molecular formula is C18H20N2O. The summed E-state index contributed by atoms with van der Waals surface area (Å²) in [7, 11) is 0. The highest BCUT2D eigenvalue weighted by Gasteiger charge is 2.19. The van der Waals surface area contributed by atoms with Crippen molar-refractivity contribution in [3.8, 4) is 11.3 Å². The topological polar surface area (TPSA) is 37.5 Å². The van der Waals surface area contributed by atoms with Crippen LogP contribution in [0.2, 0.25) is 0 Å². The number of imidazole rings is 1. The zero-order chi connectivity index (χ0) is 15.0. The Hall–Kier alpha value is -2.13. The average Bonchev–Trinajstić information content (AvgIpc) is 2.85. The number of benzene rings is 1. The summed E-state index contributed by atoms with van der Waals surface area (Å²) in [6.07, 6.45) is 2.14. The number of rotatable bonds is 3. The Bertz CT molecular complexity index is 772. The second-order valence-corrected chi connectivity index (χ2v) is 5.57. The Morgan fingerprint density at radius 3 is 2.48 bits per heavy atom. The van der Waals surface area contributed by atoms with Gasteiger partial charge in [0, 0.05) is 11.8 Å². The molecule has 1 atom stereocenters. The Balaban J connectivity index is 2.27. The molecule has 0 saturated heterocycles. The van der Waals surface area contributed by atoms with Crippen molar-refractivity contribution in [2.24, 2.45) is 0 Å². The maximum absolute atomic E-state index is 10.4. The molecule has 0 fully saturated rings. The fourth-order valence-corrected chi connectivity index (χ4v) is 2.60. The molecule has 0 aliphatic rings. The smallest absolute Gasteiger partial charge is 0.138 e. The normalized spacial score (nSPS) is 12.8. The fraction of sp³-hybridized carbons (Fsp3) is 0.278. The first-order chi connectivity index (χ1) is 10.1. The predicted molar refractivity (Wildman–Crippen MR) is 85.4 cm³/mol. The summed E-state index contributed by atoms with van der Waals surface area (Å²) in [5.41, 5.74) is 6.06. The lowest BCUT2D eigenvalue weighted by atomic mass is 10.0. The van der Waals surface area contributed by atoms with Gasteiger partial charge in [-0.25, -0.2) is 4.98 Å². The molecule has 2 aromatic heterocycles. The van der Waals surface area contributed by atoms with Crippen molar-refractivity contribution in [2.75, 3.05) is 0 Å². The average molecular weight is 280 g/mol.